The summed E-state index contributed by atoms with van der Waals surface area (Å²) in [5.74, 6) is 0.953. The molecule has 1 N–H and O–H groups in total. The summed E-state index contributed by atoms with van der Waals surface area (Å²) in [7, 11) is 0. The molecule has 16 heavy (non-hydrogen) atoms. The van der Waals surface area contributed by atoms with Gasteiger partial charge in [-0.3, -0.25) is 4.99 Å². The second-order valence-electron chi connectivity index (χ2n) is 4.33. The number of nitrogens with one attached hydrogen (secondary N) is 1. The fraction of sp³-hybridized carbons (Fsp3) is 0.583. The van der Waals surface area contributed by atoms with E-state index < -0.39 is 0 Å². The van der Waals surface area contributed by atoms with E-state index in [-0.39, 0.29) is 6.04 Å². The third kappa shape index (κ3) is 2.82. The lowest BCUT2D eigenvalue weighted by Crippen LogP contribution is -2.30. The maximum absolute atomic E-state index is 5.36. The van der Waals surface area contributed by atoms with Gasteiger partial charge < -0.3 is 9.73 Å². The van der Waals surface area contributed by atoms with Gasteiger partial charge in [0.25, 0.3) is 0 Å². The molecule has 3 atom stereocenters. The fourth-order valence-electron chi connectivity index (χ4n) is 1.87. The first-order chi connectivity index (χ1) is 7.65. The molecule has 1 aliphatic rings. The highest BCUT2D eigenvalue weighted by atomic mass is 32.2. The Labute approximate surface area is 101 Å². The molecule has 0 fully saturated rings. The summed E-state index contributed by atoms with van der Waals surface area (Å²) >= 11 is 1.81. The molecule has 0 amide bonds. The van der Waals surface area contributed by atoms with Gasteiger partial charge in [0.2, 0.25) is 0 Å². The molecule has 2 rings (SSSR count). The molecule has 0 saturated heterocycles. The third-order valence-corrected chi connectivity index (χ3v) is 3.67. The van der Waals surface area contributed by atoms with Gasteiger partial charge in [0.1, 0.15) is 5.76 Å². The van der Waals surface area contributed by atoms with Crippen molar-refractivity contribution in [1.82, 2.24) is 5.32 Å². The molecule has 1 aliphatic heterocycles. The zero-order valence-electron chi connectivity index (χ0n) is 9.93. The monoisotopic (exact) mass is 238 g/mol. The van der Waals surface area contributed by atoms with Crippen LogP contribution in [0, 0.1) is 0 Å². The Bertz CT molecular complexity index is 361. The molecule has 0 radical (unpaired) electrons. The van der Waals surface area contributed by atoms with Crippen molar-refractivity contribution < 1.29 is 4.42 Å². The first kappa shape index (κ1) is 11.6. The Balaban J connectivity index is 1.99. The molecule has 3 nitrogen and oxygen atoms in total. The molecule has 0 saturated carbocycles. The van der Waals surface area contributed by atoms with Crippen LogP contribution in [0.5, 0.6) is 0 Å². The number of furan rings is 1. The van der Waals surface area contributed by atoms with Gasteiger partial charge in [-0.1, -0.05) is 18.7 Å². The first-order valence-corrected chi connectivity index (χ1v) is 6.57. The van der Waals surface area contributed by atoms with E-state index in [1.54, 1.807) is 6.26 Å². The molecule has 2 heterocycles. The van der Waals surface area contributed by atoms with E-state index >= 15 is 0 Å². The summed E-state index contributed by atoms with van der Waals surface area (Å²) in [6.07, 6.45) is 2.86. The van der Waals surface area contributed by atoms with Crippen LogP contribution >= 0.6 is 11.8 Å². The zero-order chi connectivity index (χ0) is 11.5. The number of hydrogen-bond acceptors (Lipinski definition) is 4. The molecule has 0 spiro atoms. The Morgan fingerprint density at radius 1 is 1.56 bits per heavy atom. The standard InChI is InChI=1S/C12H18N2OS/c1-8-7-9(2)16-12(13-8)14-10(3)11-5-4-6-15-11/h4-6,8-10H,7H2,1-3H3,(H,13,14). The lowest BCUT2D eigenvalue weighted by molar-refractivity contribution is 0.463. The van der Waals surface area contributed by atoms with Crippen LogP contribution in [0.15, 0.2) is 27.8 Å². The second kappa shape index (κ2) is 4.95. The number of amidine groups is 1. The number of nitrogens with zero attached hydrogens (tertiary/aromatic N) is 1. The fourth-order valence-corrected chi connectivity index (χ4v) is 3.11. The summed E-state index contributed by atoms with van der Waals surface area (Å²) in [6, 6.07) is 4.49. The van der Waals surface area contributed by atoms with Crippen molar-refractivity contribution in [2.24, 2.45) is 4.99 Å². The van der Waals surface area contributed by atoms with Crippen molar-refractivity contribution in [2.75, 3.05) is 0 Å². The van der Waals surface area contributed by atoms with Crippen LogP contribution in [0.2, 0.25) is 0 Å². The van der Waals surface area contributed by atoms with Crippen molar-refractivity contribution in [2.45, 2.75) is 44.5 Å². The summed E-state index contributed by atoms with van der Waals surface area (Å²) in [6.45, 7) is 6.50. The highest BCUT2D eigenvalue weighted by Gasteiger charge is 2.20. The molecule has 1 aromatic rings. The summed E-state index contributed by atoms with van der Waals surface area (Å²) in [4.78, 5) is 4.61. The topological polar surface area (TPSA) is 37.5 Å². The van der Waals surface area contributed by atoms with Gasteiger partial charge >= 0.3 is 0 Å². The molecular formula is C12H18N2OS. The smallest absolute Gasteiger partial charge is 0.157 e. The van der Waals surface area contributed by atoms with E-state index in [0.717, 1.165) is 17.3 Å². The SMILES string of the molecule is CC1CC(C)SC(NC(C)c2ccco2)=N1. The van der Waals surface area contributed by atoms with E-state index in [4.69, 9.17) is 4.42 Å². The van der Waals surface area contributed by atoms with Gasteiger partial charge in [-0.15, -0.1) is 0 Å². The highest BCUT2D eigenvalue weighted by molar-refractivity contribution is 8.14. The average Bonchev–Trinajstić information content (AvgIpc) is 2.68. The summed E-state index contributed by atoms with van der Waals surface area (Å²) in [5.41, 5.74) is 0. The molecule has 4 heteroatoms. The molecule has 0 aliphatic carbocycles. The van der Waals surface area contributed by atoms with Crippen LogP contribution in [-0.4, -0.2) is 16.5 Å². The predicted octanol–water partition coefficient (Wildman–Crippen LogP) is 3.20. The lowest BCUT2D eigenvalue weighted by atomic mass is 10.2. The maximum atomic E-state index is 5.36. The van der Waals surface area contributed by atoms with Crippen LogP contribution < -0.4 is 5.32 Å². The van der Waals surface area contributed by atoms with Crippen molar-refractivity contribution in [3.05, 3.63) is 24.2 Å². The van der Waals surface area contributed by atoms with Gasteiger partial charge in [0.15, 0.2) is 5.17 Å². The minimum absolute atomic E-state index is 0.179. The number of aliphatic imine (C=N–C) groups is 1. The van der Waals surface area contributed by atoms with Crippen molar-refractivity contribution in [3.8, 4) is 0 Å². The predicted molar refractivity (Wildman–Crippen MR) is 68.8 cm³/mol. The Hall–Kier alpha value is -0.900. The van der Waals surface area contributed by atoms with Gasteiger partial charge in [0.05, 0.1) is 18.3 Å². The normalized spacial score (nSPS) is 27.3. The zero-order valence-corrected chi connectivity index (χ0v) is 10.8. The molecule has 0 aromatic carbocycles. The van der Waals surface area contributed by atoms with Gasteiger partial charge in [0, 0.05) is 5.25 Å². The Morgan fingerprint density at radius 3 is 3.00 bits per heavy atom. The van der Waals surface area contributed by atoms with Crippen LogP contribution in [0.3, 0.4) is 0 Å². The number of rotatable bonds is 2. The van der Waals surface area contributed by atoms with Crippen molar-refractivity contribution in [3.63, 3.8) is 0 Å². The summed E-state index contributed by atoms with van der Waals surface area (Å²) in [5, 5.41) is 5.08. The third-order valence-electron chi connectivity index (χ3n) is 2.63. The van der Waals surface area contributed by atoms with E-state index in [9.17, 15) is 0 Å². The average molecular weight is 238 g/mol. The molecular weight excluding hydrogens is 220 g/mol. The van der Waals surface area contributed by atoms with E-state index in [0.29, 0.717) is 11.3 Å². The second-order valence-corrected chi connectivity index (χ2v) is 5.76. The van der Waals surface area contributed by atoms with E-state index in [1.807, 2.05) is 23.9 Å². The molecule has 3 unspecified atom stereocenters. The minimum Gasteiger partial charge on any atom is -0.467 e. The van der Waals surface area contributed by atoms with Crippen LogP contribution in [0.4, 0.5) is 0 Å². The van der Waals surface area contributed by atoms with Gasteiger partial charge in [-0.05, 0) is 32.4 Å². The number of hydrogen-bond donors (Lipinski definition) is 1. The maximum Gasteiger partial charge on any atom is 0.157 e. The Kier molecular flexibility index (Phi) is 3.59. The molecule has 1 aromatic heterocycles. The lowest BCUT2D eigenvalue weighted by Gasteiger charge is -2.24. The van der Waals surface area contributed by atoms with Gasteiger partial charge in [-0.25, -0.2) is 0 Å². The van der Waals surface area contributed by atoms with Crippen molar-refractivity contribution in [1.29, 1.82) is 0 Å². The first-order valence-electron chi connectivity index (χ1n) is 5.69. The van der Waals surface area contributed by atoms with E-state index in [2.05, 4.69) is 31.1 Å². The largest absolute Gasteiger partial charge is 0.467 e. The van der Waals surface area contributed by atoms with E-state index in [1.165, 1.54) is 0 Å². The van der Waals surface area contributed by atoms with Crippen LogP contribution in [0.1, 0.15) is 39.0 Å². The Morgan fingerprint density at radius 2 is 2.38 bits per heavy atom. The van der Waals surface area contributed by atoms with Crippen LogP contribution in [0.25, 0.3) is 0 Å². The van der Waals surface area contributed by atoms with Crippen LogP contribution in [-0.2, 0) is 0 Å². The molecule has 88 valence electrons. The highest BCUT2D eigenvalue weighted by Crippen LogP contribution is 2.25. The molecule has 0 bridgehead atoms. The van der Waals surface area contributed by atoms with Gasteiger partial charge in [-0.2, -0.15) is 0 Å². The quantitative estimate of drug-likeness (QED) is 0.859. The minimum atomic E-state index is 0.179. The summed E-state index contributed by atoms with van der Waals surface area (Å²) < 4.78 is 5.36. The van der Waals surface area contributed by atoms with Crippen molar-refractivity contribution >= 4 is 16.9 Å². The number of thioether (sulfide) groups is 1.